The summed E-state index contributed by atoms with van der Waals surface area (Å²) in [6.45, 7) is -0.327. The highest BCUT2D eigenvalue weighted by atomic mass is 16.6. The van der Waals surface area contributed by atoms with Gasteiger partial charge in [0.05, 0.1) is 45.3 Å². The van der Waals surface area contributed by atoms with Crippen molar-refractivity contribution in [3.05, 3.63) is 0 Å². The topological polar surface area (TPSA) is 354 Å². The van der Waals surface area contributed by atoms with Crippen molar-refractivity contribution in [3.63, 3.8) is 0 Å². The molecule has 3 unspecified atom stereocenters. The van der Waals surface area contributed by atoms with Gasteiger partial charge >= 0.3 is 53.7 Å². The molecule has 0 aromatic rings. The maximum Gasteiger partial charge on any atom is 0.317 e. The molecule has 0 aliphatic heterocycles. The van der Waals surface area contributed by atoms with Crippen molar-refractivity contribution in [1.29, 1.82) is 0 Å². The first kappa shape index (κ1) is 94.7. The van der Waals surface area contributed by atoms with Crippen LogP contribution in [0.4, 0.5) is 0 Å². The predicted molar refractivity (Wildman–Crippen MR) is 393 cm³/mol. The summed E-state index contributed by atoms with van der Waals surface area (Å²) in [6.07, 6.45) is 45.8. The second-order valence-corrected chi connectivity index (χ2v) is 28.8. The first-order chi connectivity index (χ1) is 49.1. The van der Waals surface area contributed by atoms with E-state index in [1.807, 2.05) is 0 Å². The van der Waals surface area contributed by atoms with Crippen molar-refractivity contribution in [2.45, 2.75) is 321 Å². The molecule has 0 heterocycles. The number of unbranched alkanes of at least 4 members (excludes halogenated alkanes) is 36. The van der Waals surface area contributed by atoms with Crippen LogP contribution in [0.25, 0.3) is 0 Å². The van der Waals surface area contributed by atoms with E-state index in [-0.39, 0.29) is 103 Å². The third kappa shape index (κ3) is 57.0. The van der Waals surface area contributed by atoms with Gasteiger partial charge in [-0.15, -0.1) is 0 Å². The molecule has 592 valence electrons. The van der Waals surface area contributed by atoms with Gasteiger partial charge in [-0.2, -0.15) is 0 Å². The third-order valence-electron chi connectivity index (χ3n) is 19.1. The highest BCUT2D eigenvalue weighted by molar-refractivity contribution is 5.79. The summed E-state index contributed by atoms with van der Waals surface area (Å²) < 4.78 is 24.2. The Balaban J connectivity index is 3.35. The summed E-state index contributed by atoms with van der Waals surface area (Å²) in [5, 5.41) is 61.4. The van der Waals surface area contributed by atoms with Gasteiger partial charge in [-0.3, -0.25) is 67.5 Å². The van der Waals surface area contributed by atoms with Gasteiger partial charge in [0, 0.05) is 71.0 Å². The molecule has 0 spiro atoms. The monoisotopic (exact) mass is 1450 g/mol. The van der Waals surface area contributed by atoms with E-state index >= 15 is 0 Å². The summed E-state index contributed by atoms with van der Waals surface area (Å²) in [5.41, 5.74) is -1.50. The molecule has 1 saturated carbocycles. The highest BCUT2D eigenvalue weighted by Crippen LogP contribution is 2.35. The molecule has 25 heteroatoms. The Hall–Kier alpha value is -5.34. The Morgan fingerprint density at radius 1 is 0.382 bits per heavy atom. The van der Waals surface area contributed by atoms with Crippen molar-refractivity contribution in [3.8, 4) is 0 Å². The molecule has 1 aliphatic rings. The number of ketones is 1. The number of aliphatic carboxylic acids is 6. The molecule has 0 saturated heterocycles. The summed E-state index contributed by atoms with van der Waals surface area (Å²) >= 11 is 0. The Kier molecular flexibility index (Phi) is 58.5. The van der Waals surface area contributed by atoms with E-state index in [2.05, 4.69) is 26.1 Å². The standard InChI is InChI=1S/C77H139N5O20/c1-4-7-10-13-16-19-22-25-28-31-34-37-40-43-66(83)60-102-77(62-100-74(96)44-41-38-35-32-29-26-23-20-17-14-11-8-5-2,63-101-75(97)45-42-39-36-33-30-27-24-21-18-15-12-9-6-3)61-78-67-50-64(67)51-76(98)99-59-65(82(57-72(92)93)58-73(94)95)52-80(54-69(86)87)48-46-79(53-68(84)85)47-49-81(55-70(88)89)56-71(90)91/h64-65,67,78H,4-63H2,1-3H3,(H,84,85)(H,86,87)(H,88,89)(H,90,91)(H,92,93)(H,94,95). The van der Waals surface area contributed by atoms with Crippen LogP contribution in [0.3, 0.4) is 0 Å². The lowest BCUT2D eigenvalue weighted by Gasteiger charge is -2.34. The molecule has 3 atom stereocenters. The molecule has 0 aromatic heterocycles. The molecule has 1 rings (SSSR count). The molecule has 1 fully saturated rings. The zero-order valence-corrected chi connectivity index (χ0v) is 63.3. The van der Waals surface area contributed by atoms with Crippen LogP contribution >= 0.6 is 0 Å². The maximum atomic E-state index is 13.8. The van der Waals surface area contributed by atoms with Crippen molar-refractivity contribution in [2.75, 3.05) is 105 Å². The summed E-state index contributed by atoms with van der Waals surface area (Å²) in [7, 11) is 0. The number of rotatable bonds is 77. The fourth-order valence-corrected chi connectivity index (χ4v) is 12.9. The lowest BCUT2D eigenvalue weighted by molar-refractivity contribution is -0.173. The van der Waals surface area contributed by atoms with E-state index in [1.54, 1.807) is 0 Å². The van der Waals surface area contributed by atoms with E-state index in [0.29, 0.717) is 25.7 Å². The van der Waals surface area contributed by atoms with Gasteiger partial charge in [-0.1, -0.05) is 252 Å². The van der Waals surface area contributed by atoms with E-state index in [0.717, 1.165) is 80.4 Å². The lowest BCUT2D eigenvalue weighted by atomic mass is 10.0. The van der Waals surface area contributed by atoms with Crippen molar-refractivity contribution >= 4 is 59.5 Å². The van der Waals surface area contributed by atoms with Crippen molar-refractivity contribution in [1.82, 2.24) is 24.9 Å². The van der Waals surface area contributed by atoms with E-state index in [9.17, 15) is 78.6 Å². The number of carbonyl (C=O) groups is 10. The Morgan fingerprint density at radius 3 is 1.06 bits per heavy atom. The van der Waals surface area contributed by atoms with Gasteiger partial charge in [0.1, 0.15) is 32.0 Å². The molecular weight excluding hydrogens is 1310 g/mol. The SMILES string of the molecule is CCCCCCCCCCCCCCCC(=O)COC(CNC1CC1CC(=O)OCC(CN(CCN(CCN(CC(=O)O)CC(=O)O)CC(=O)O)CC(=O)O)N(CC(=O)O)CC(=O)O)(COC(=O)CCCCCCCCCCCCCCC)COC(=O)CCCCCCCCCCCCCCC. The molecule has 0 aromatic carbocycles. The zero-order valence-electron chi connectivity index (χ0n) is 63.3. The van der Waals surface area contributed by atoms with E-state index < -0.39 is 111 Å². The van der Waals surface area contributed by atoms with Gasteiger partial charge in [-0.25, -0.2) is 0 Å². The second kappa shape index (κ2) is 63.0. The lowest BCUT2D eigenvalue weighted by Crippen LogP contribution is -2.53. The maximum absolute atomic E-state index is 13.8. The Labute approximate surface area is 611 Å². The van der Waals surface area contributed by atoms with Crippen LogP contribution in [0.1, 0.15) is 303 Å². The first-order valence-electron chi connectivity index (χ1n) is 39.7. The largest absolute Gasteiger partial charge is 0.480 e. The molecular formula is C77H139N5O20. The summed E-state index contributed by atoms with van der Waals surface area (Å²) in [4.78, 5) is 131. The molecule has 0 bridgehead atoms. The number of nitrogens with one attached hydrogen (secondary N) is 1. The number of Topliss-reactive ketones (excluding diaryl/α,β-unsaturated/α-hetero) is 1. The van der Waals surface area contributed by atoms with Crippen LogP contribution in [-0.2, 0) is 66.9 Å². The van der Waals surface area contributed by atoms with Crippen LogP contribution in [-0.4, -0.2) is 232 Å². The average Bonchev–Trinajstić information content (AvgIpc) is 1.67. The van der Waals surface area contributed by atoms with Gasteiger partial charge in [0.15, 0.2) is 5.78 Å². The quantitative estimate of drug-likeness (QED) is 0.0169. The molecule has 0 amide bonds. The number of carbonyl (C=O) groups excluding carboxylic acids is 4. The fourth-order valence-electron chi connectivity index (χ4n) is 12.9. The zero-order chi connectivity index (χ0) is 75.3. The number of nitrogens with zero attached hydrogens (tertiary/aromatic N) is 4. The Bertz CT molecular complexity index is 2120. The van der Waals surface area contributed by atoms with E-state index in [1.165, 1.54) is 170 Å². The number of hydrogen-bond acceptors (Lipinski definition) is 19. The minimum Gasteiger partial charge on any atom is -0.480 e. The first-order valence-corrected chi connectivity index (χ1v) is 39.7. The molecule has 25 nitrogen and oxygen atoms in total. The van der Waals surface area contributed by atoms with Crippen LogP contribution in [0.2, 0.25) is 0 Å². The van der Waals surface area contributed by atoms with Crippen LogP contribution in [0.15, 0.2) is 0 Å². The van der Waals surface area contributed by atoms with Gasteiger partial charge < -0.3 is 54.9 Å². The average molecular weight is 1450 g/mol. The number of carboxylic acids is 6. The van der Waals surface area contributed by atoms with Gasteiger partial charge in [0.2, 0.25) is 0 Å². The normalized spacial score (nSPS) is 14.0. The third-order valence-corrected chi connectivity index (χ3v) is 19.1. The van der Waals surface area contributed by atoms with Crippen LogP contribution in [0, 0.1) is 5.92 Å². The van der Waals surface area contributed by atoms with E-state index in [4.69, 9.17) is 18.9 Å². The van der Waals surface area contributed by atoms with Crippen LogP contribution < -0.4 is 5.32 Å². The van der Waals surface area contributed by atoms with Crippen LogP contribution in [0.5, 0.6) is 0 Å². The molecule has 1 aliphatic carbocycles. The minimum atomic E-state index is -1.50. The smallest absolute Gasteiger partial charge is 0.317 e. The Morgan fingerprint density at radius 2 is 0.696 bits per heavy atom. The molecule has 0 radical (unpaired) electrons. The predicted octanol–water partition coefficient (Wildman–Crippen LogP) is 12.8. The van der Waals surface area contributed by atoms with Gasteiger partial charge in [-0.05, 0) is 31.6 Å². The minimum absolute atomic E-state index is 0.0408. The molecule has 102 heavy (non-hydrogen) atoms. The number of carboxylic acid groups (broad SMARTS) is 6. The number of ether oxygens (including phenoxy) is 4. The van der Waals surface area contributed by atoms with Crippen molar-refractivity contribution < 1.29 is 97.5 Å². The van der Waals surface area contributed by atoms with Crippen molar-refractivity contribution in [2.24, 2.45) is 5.92 Å². The fraction of sp³-hybridized carbons (Fsp3) is 0.870. The van der Waals surface area contributed by atoms with Gasteiger partial charge in [0.25, 0.3) is 0 Å². The molecule has 7 N–H and O–H groups in total. The number of esters is 3. The second-order valence-electron chi connectivity index (χ2n) is 28.8. The highest BCUT2D eigenvalue weighted by Gasteiger charge is 2.43. The summed E-state index contributed by atoms with van der Waals surface area (Å²) in [6, 6.07) is -1.57. The number of hydrogen-bond donors (Lipinski definition) is 7. The summed E-state index contributed by atoms with van der Waals surface area (Å²) in [5.74, 6) is -10.2.